The maximum atomic E-state index is 12.3. The molecule has 3 aromatic rings. The molecule has 1 amide bonds. The number of ether oxygens (including phenoxy) is 3. The third-order valence-corrected chi connectivity index (χ3v) is 4.63. The van der Waals surface area contributed by atoms with E-state index < -0.39 is 0 Å². The van der Waals surface area contributed by atoms with Crippen molar-refractivity contribution in [3.05, 3.63) is 59.8 Å². The molecule has 0 bridgehead atoms. The smallest absolute Gasteiger partial charge is 0.325 e. The molecule has 1 N–H and O–H groups in total. The zero-order valence-electron chi connectivity index (χ0n) is 17.8. The molecule has 0 radical (unpaired) electrons. The Kier molecular flexibility index (Phi) is 7.26. The Balaban J connectivity index is 1.69. The molecule has 8 nitrogen and oxygen atoms in total. The lowest BCUT2D eigenvalue weighted by Crippen LogP contribution is -2.19. The van der Waals surface area contributed by atoms with Gasteiger partial charge in [-0.15, -0.1) is 0 Å². The van der Waals surface area contributed by atoms with Gasteiger partial charge in [-0.3, -0.25) is 9.59 Å². The van der Waals surface area contributed by atoms with E-state index in [0.29, 0.717) is 18.1 Å². The number of amides is 1. The van der Waals surface area contributed by atoms with Crippen molar-refractivity contribution < 1.29 is 23.8 Å². The molecular weight excluding hydrogens is 398 g/mol. The largest absolute Gasteiger partial charge is 0.493 e. The molecule has 1 aromatic heterocycles. The van der Waals surface area contributed by atoms with Gasteiger partial charge in [0.05, 0.1) is 33.5 Å². The van der Waals surface area contributed by atoms with Crippen LogP contribution in [0.4, 0.5) is 0 Å². The first kappa shape index (κ1) is 21.9. The molecule has 0 aliphatic carbocycles. The van der Waals surface area contributed by atoms with Crippen LogP contribution in [0.15, 0.2) is 53.8 Å². The van der Waals surface area contributed by atoms with Crippen LogP contribution in [0.25, 0.3) is 10.9 Å². The molecule has 0 aliphatic rings. The number of methoxy groups -OCH3 is 2. The second-order valence-corrected chi connectivity index (χ2v) is 6.69. The summed E-state index contributed by atoms with van der Waals surface area (Å²) in [5.41, 5.74) is 4.98. The second-order valence-electron chi connectivity index (χ2n) is 6.69. The summed E-state index contributed by atoms with van der Waals surface area (Å²) in [4.78, 5) is 24.2. The van der Waals surface area contributed by atoms with Crippen LogP contribution in [0.1, 0.15) is 18.1 Å². The minimum Gasteiger partial charge on any atom is -0.493 e. The van der Waals surface area contributed by atoms with Crippen molar-refractivity contribution in [3.63, 3.8) is 0 Å². The molecule has 3 rings (SSSR count). The van der Waals surface area contributed by atoms with Gasteiger partial charge >= 0.3 is 5.97 Å². The molecular formula is C23H25N3O5. The number of aromatic nitrogens is 1. The average Bonchev–Trinajstić information content (AvgIpc) is 3.11. The molecule has 0 saturated carbocycles. The van der Waals surface area contributed by atoms with Crippen molar-refractivity contribution in [2.45, 2.75) is 19.9 Å². The van der Waals surface area contributed by atoms with E-state index in [0.717, 1.165) is 22.0 Å². The lowest BCUT2D eigenvalue weighted by atomic mass is 10.1. The lowest BCUT2D eigenvalue weighted by Gasteiger charge is -2.09. The van der Waals surface area contributed by atoms with E-state index in [1.165, 1.54) is 0 Å². The molecule has 8 heteroatoms. The van der Waals surface area contributed by atoms with E-state index in [4.69, 9.17) is 14.2 Å². The van der Waals surface area contributed by atoms with Crippen LogP contribution >= 0.6 is 0 Å². The summed E-state index contributed by atoms with van der Waals surface area (Å²) in [5.74, 6) is 0.586. The Morgan fingerprint density at radius 3 is 2.61 bits per heavy atom. The van der Waals surface area contributed by atoms with Crippen LogP contribution < -0.4 is 14.9 Å². The van der Waals surface area contributed by atoms with Crippen LogP contribution in [-0.4, -0.2) is 43.5 Å². The highest BCUT2D eigenvalue weighted by Crippen LogP contribution is 2.27. The average molecular weight is 423 g/mol. The lowest BCUT2D eigenvalue weighted by molar-refractivity contribution is -0.143. The highest BCUT2D eigenvalue weighted by molar-refractivity contribution is 6.00. The minimum atomic E-state index is -0.310. The van der Waals surface area contributed by atoms with Crippen molar-refractivity contribution in [2.75, 3.05) is 20.8 Å². The van der Waals surface area contributed by atoms with Gasteiger partial charge < -0.3 is 18.8 Å². The number of fused-ring (bicyclic) bond motifs is 1. The summed E-state index contributed by atoms with van der Waals surface area (Å²) >= 11 is 0. The number of nitrogens with one attached hydrogen (secondary N) is 1. The molecule has 0 saturated heterocycles. The number of esters is 1. The first-order valence-electron chi connectivity index (χ1n) is 9.82. The van der Waals surface area contributed by atoms with Crippen molar-refractivity contribution in [2.24, 2.45) is 5.10 Å². The highest BCUT2D eigenvalue weighted by atomic mass is 16.5. The van der Waals surface area contributed by atoms with Gasteiger partial charge in [0.2, 0.25) is 5.91 Å². The number of hydrazone groups is 1. The molecule has 0 aliphatic heterocycles. The molecule has 0 unspecified atom stereocenters. The number of nitrogens with zero attached hydrogens (tertiary/aromatic N) is 2. The number of para-hydroxylation sites is 1. The van der Waals surface area contributed by atoms with E-state index in [-0.39, 0.29) is 24.8 Å². The standard InChI is InChI=1S/C23H25N3O5/c1-4-31-23(28)15-26-14-17(18-7-5-6-8-19(18)26)13-24-25-22(27)12-16-9-10-20(29-2)21(11-16)30-3/h5-11,13-14H,4,12,15H2,1-3H3,(H,25,27)/b24-13+. The maximum Gasteiger partial charge on any atom is 0.325 e. The number of carbonyl (C=O) groups is 2. The Labute approximate surface area is 180 Å². The summed E-state index contributed by atoms with van der Waals surface area (Å²) in [6.45, 7) is 2.21. The van der Waals surface area contributed by atoms with E-state index in [9.17, 15) is 9.59 Å². The van der Waals surface area contributed by atoms with E-state index in [1.54, 1.807) is 50.1 Å². The van der Waals surface area contributed by atoms with Crippen molar-refractivity contribution >= 4 is 29.0 Å². The van der Waals surface area contributed by atoms with Crippen molar-refractivity contribution in [1.82, 2.24) is 9.99 Å². The fraction of sp³-hybridized carbons (Fsp3) is 0.261. The summed E-state index contributed by atoms with van der Waals surface area (Å²) in [6.07, 6.45) is 3.52. The van der Waals surface area contributed by atoms with Crippen molar-refractivity contribution in [1.29, 1.82) is 0 Å². The Hall–Kier alpha value is -3.81. The Morgan fingerprint density at radius 1 is 1.10 bits per heavy atom. The third-order valence-electron chi connectivity index (χ3n) is 4.63. The number of hydrogen-bond acceptors (Lipinski definition) is 6. The van der Waals surface area contributed by atoms with Gasteiger partial charge in [-0.05, 0) is 30.7 Å². The normalized spacial score (nSPS) is 10.9. The zero-order valence-corrected chi connectivity index (χ0v) is 17.8. The Morgan fingerprint density at radius 2 is 1.87 bits per heavy atom. The van der Waals surface area contributed by atoms with Gasteiger partial charge in [-0.2, -0.15) is 5.10 Å². The van der Waals surface area contributed by atoms with Gasteiger partial charge in [-0.25, -0.2) is 5.43 Å². The van der Waals surface area contributed by atoms with Crippen molar-refractivity contribution in [3.8, 4) is 11.5 Å². The number of rotatable bonds is 9. The molecule has 0 atom stereocenters. The zero-order chi connectivity index (χ0) is 22.2. The summed E-state index contributed by atoms with van der Waals surface area (Å²) in [6, 6.07) is 13.0. The molecule has 0 fully saturated rings. The van der Waals surface area contributed by atoms with Crippen LogP contribution in [0.5, 0.6) is 11.5 Å². The Bertz CT molecular complexity index is 1100. The van der Waals surface area contributed by atoms with E-state index in [2.05, 4.69) is 10.5 Å². The summed E-state index contributed by atoms with van der Waals surface area (Å²) in [5, 5.41) is 5.00. The molecule has 31 heavy (non-hydrogen) atoms. The fourth-order valence-corrected chi connectivity index (χ4v) is 3.24. The predicted molar refractivity (Wildman–Crippen MR) is 118 cm³/mol. The number of hydrogen-bond donors (Lipinski definition) is 1. The molecule has 162 valence electrons. The van der Waals surface area contributed by atoms with Crippen LogP contribution in [-0.2, 0) is 27.3 Å². The minimum absolute atomic E-state index is 0.105. The molecule has 1 heterocycles. The summed E-state index contributed by atoms with van der Waals surface area (Å²) < 4.78 is 17.3. The van der Waals surface area contributed by atoms with E-state index in [1.807, 2.05) is 30.5 Å². The number of carbonyl (C=O) groups excluding carboxylic acids is 2. The van der Waals surface area contributed by atoms with Gasteiger partial charge in [0.15, 0.2) is 11.5 Å². The SMILES string of the molecule is CCOC(=O)Cn1cc(/C=N/NC(=O)Cc2ccc(OC)c(OC)c2)c2ccccc21. The number of benzene rings is 2. The predicted octanol–water partition coefficient (Wildman–Crippen LogP) is 2.91. The van der Waals surface area contributed by atoms with Crippen LogP contribution in [0, 0.1) is 0 Å². The van der Waals surface area contributed by atoms with Crippen LogP contribution in [0.2, 0.25) is 0 Å². The highest BCUT2D eigenvalue weighted by Gasteiger charge is 2.11. The third kappa shape index (κ3) is 5.42. The first-order valence-corrected chi connectivity index (χ1v) is 9.82. The summed E-state index contributed by atoms with van der Waals surface area (Å²) in [7, 11) is 3.10. The van der Waals surface area contributed by atoms with Gasteiger partial charge in [0.25, 0.3) is 0 Å². The van der Waals surface area contributed by atoms with E-state index >= 15 is 0 Å². The topological polar surface area (TPSA) is 91.2 Å². The monoisotopic (exact) mass is 423 g/mol. The molecule has 0 spiro atoms. The van der Waals surface area contributed by atoms with Gasteiger partial charge in [-0.1, -0.05) is 24.3 Å². The maximum absolute atomic E-state index is 12.3. The second kappa shape index (κ2) is 10.3. The van der Waals surface area contributed by atoms with Crippen LogP contribution in [0.3, 0.4) is 0 Å². The fourth-order valence-electron chi connectivity index (χ4n) is 3.24. The quantitative estimate of drug-likeness (QED) is 0.325. The first-order chi connectivity index (χ1) is 15.0. The molecule has 2 aromatic carbocycles. The van der Waals surface area contributed by atoms with Gasteiger partial charge in [0, 0.05) is 22.7 Å². The van der Waals surface area contributed by atoms with Gasteiger partial charge in [0.1, 0.15) is 6.54 Å².